The second kappa shape index (κ2) is 5.10. The fourth-order valence-corrected chi connectivity index (χ4v) is 2.61. The van der Waals surface area contributed by atoms with E-state index in [-0.39, 0.29) is 6.04 Å². The van der Waals surface area contributed by atoms with Crippen LogP contribution in [0.3, 0.4) is 0 Å². The summed E-state index contributed by atoms with van der Waals surface area (Å²) in [5.74, 6) is 0. The molecule has 0 radical (unpaired) electrons. The van der Waals surface area contributed by atoms with Crippen LogP contribution in [0.1, 0.15) is 28.3 Å². The Balaban J connectivity index is 1.93. The molecule has 0 fully saturated rings. The van der Waals surface area contributed by atoms with E-state index in [4.69, 9.17) is 5.73 Å². The van der Waals surface area contributed by atoms with Gasteiger partial charge in [0.1, 0.15) is 0 Å². The highest BCUT2D eigenvalue weighted by molar-refractivity contribution is 5.55. The standard InChI is InChI=1S/C17H19N3/c1-12-6-7-13(2)14(9-12)10-16(18)15-11-19-20-8-4-3-5-17(15)20/h3-9,11,16H,10,18H2,1-2H3. The number of hydrogen-bond acceptors (Lipinski definition) is 2. The molecule has 3 aromatic rings. The van der Waals surface area contributed by atoms with Gasteiger partial charge in [0.05, 0.1) is 11.7 Å². The Morgan fingerprint density at radius 1 is 1.20 bits per heavy atom. The topological polar surface area (TPSA) is 43.3 Å². The number of aryl methyl sites for hydroxylation is 2. The maximum atomic E-state index is 6.40. The summed E-state index contributed by atoms with van der Waals surface area (Å²) < 4.78 is 1.87. The third-order valence-corrected chi connectivity index (χ3v) is 3.80. The van der Waals surface area contributed by atoms with E-state index < -0.39 is 0 Å². The van der Waals surface area contributed by atoms with Gasteiger partial charge < -0.3 is 5.73 Å². The summed E-state index contributed by atoms with van der Waals surface area (Å²) in [4.78, 5) is 0. The van der Waals surface area contributed by atoms with E-state index in [1.165, 1.54) is 16.7 Å². The molecule has 0 spiro atoms. The van der Waals surface area contributed by atoms with Crippen molar-refractivity contribution in [1.29, 1.82) is 0 Å². The third kappa shape index (κ3) is 2.32. The van der Waals surface area contributed by atoms with Crippen LogP contribution in [-0.2, 0) is 6.42 Å². The van der Waals surface area contributed by atoms with Crippen LogP contribution in [-0.4, -0.2) is 9.61 Å². The lowest BCUT2D eigenvalue weighted by Crippen LogP contribution is -2.14. The van der Waals surface area contributed by atoms with Crippen LogP contribution < -0.4 is 5.73 Å². The molecule has 0 saturated carbocycles. The molecule has 0 amide bonds. The minimum atomic E-state index is -0.0320. The summed E-state index contributed by atoms with van der Waals surface area (Å²) in [6.07, 6.45) is 4.67. The number of hydrogen-bond donors (Lipinski definition) is 1. The highest BCUT2D eigenvalue weighted by atomic mass is 15.2. The van der Waals surface area contributed by atoms with Crippen LogP contribution >= 0.6 is 0 Å². The van der Waals surface area contributed by atoms with Crippen LogP contribution in [0.25, 0.3) is 5.52 Å². The second-order valence-corrected chi connectivity index (χ2v) is 5.37. The summed E-state index contributed by atoms with van der Waals surface area (Å²) >= 11 is 0. The molecule has 0 saturated heterocycles. The van der Waals surface area contributed by atoms with Crippen molar-refractivity contribution in [2.24, 2.45) is 5.73 Å². The molecule has 3 rings (SSSR count). The van der Waals surface area contributed by atoms with Crippen LogP contribution in [0.15, 0.2) is 48.8 Å². The lowest BCUT2D eigenvalue weighted by Gasteiger charge is -2.13. The second-order valence-electron chi connectivity index (χ2n) is 5.37. The molecular weight excluding hydrogens is 246 g/mol. The van der Waals surface area contributed by atoms with E-state index in [1.54, 1.807) is 0 Å². The monoisotopic (exact) mass is 265 g/mol. The number of pyridine rings is 1. The average molecular weight is 265 g/mol. The van der Waals surface area contributed by atoms with E-state index >= 15 is 0 Å². The fraction of sp³-hybridized carbons (Fsp3) is 0.235. The van der Waals surface area contributed by atoms with Gasteiger partial charge in [0, 0.05) is 17.8 Å². The minimum Gasteiger partial charge on any atom is -0.324 e. The highest BCUT2D eigenvalue weighted by Crippen LogP contribution is 2.22. The Hall–Kier alpha value is -2.13. The molecule has 2 heterocycles. The van der Waals surface area contributed by atoms with Gasteiger partial charge in [0.2, 0.25) is 0 Å². The number of rotatable bonds is 3. The summed E-state index contributed by atoms with van der Waals surface area (Å²) in [6.45, 7) is 4.25. The zero-order valence-corrected chi connectivity index (χ0v) is 11.9. The number of benzene rings is 1. The van der Waals surface area contributed by atoms with Crippen molar-refractivity contribution in [3.8, 4) is 0 Å². The molecule has 0 aliphatic carbocycles. The Morgan fingerprint density at radius 2 is 2.05 bits per heavy atom. The van der Waals surface area contributed by atoms with Gasteiger partial charge in [-0.1, -0.05) is 29.8 Å². The number of nitrogens with two attached hydrogens (primary N) is 1. The molecule has 20 heavy (non-hydrogen) atoms. The molecule has 1 atom stereocenters. The SMILES string of the molecule is Cc1ccc(C)c(CC(N)c2cnn3ccccc23)c1. The number of nitrogens with zero attached hydrogens (tertiary/aromatic N) is 2. The Morgan fingerprint density at radius 3 is 2.90 bits per heavy atom. The lowest BCUT2D eigenvalue weighted by atomic mass is 9.96. The first-order valence-corrected chi connectivity index (χ1v) is 6.89. The van der Waals surface area contributed by atoms with E-state index in [1.807, 2.05) is 29.0 Å². The summed E-state index contributed by atoms with van der Waals surface area (Å²) in [5.41, 5.74) is 12.5. The van der Waals surface area contributed by atoms with Crippen molar-refractivity contribution >= 4 is 5.52 Å². The van der Waals surface area contributed by atoms with Gasteiger partial charge in [-0.25, -0.2) is 4.52 Å². The van der Waals surface area contributed by atoms with Crippen molar-refractivity contribution in [2.75, 3.05) is 0 Å². The summed E-state index contributed by atoms with van der Waals surface area (Å²) in [6, 6.07) is 12.5. The third-order valence-electron chi connectivity index (χ3n) is 3.80. The van der Waals surface area contributed by atoms with Crippen LogP contribution in [0.2, 0.25) is 0 Å². The molecule has 3 nitrogen and oxygen atoms in total. The first-order valence-electron chi connectivity index (χ1n) is 6.89. The van der Waals surface area contributed by atoms with Gasteiger partial charge in [-0.2, -0.15) is 5.10 Å². The first kappa shape index (κ1) is 12.9. The van der Waals surface area contributed by atoms with Crippen molar-refractivity contribution in [2.45, 2.75) is 26.3 Å². The lowest BCUT2D eigenvalue weighted by molar-refractivity contribution is 0.724. The molecule has 2 aromatic heterocycles. The number of aromatic nitrogens is 2. The average Bonchev–Trinajstić information content (AvgIpc) is 2.87. The van der Waals surface area contributed by atoms with Gasteiger partial charge in [-0.15, -0.1) is 0 Å². The Kier molecular flexibility index (Phi) is 3.28. The quantitative estimate of drug-likeness (QED) is 0.790. The van der Waals surface area contributed by atoms with Crippen LogP contribution in [0, 0.1) is 13.8 Å². The summed E-state index contributed by atoms with van der Waals surface area (Å²) in [5, 5.41) is 4.36. The van der Waals surface area contributed by atoms with Crippen molar-refractivity contribution < 1.29 is 0 Å². The van der Waals surface area contributed by atoms with Crippen molar-refractivity contribution in [1.82, 2.24) is 9.61 Å². The van der Waals surface area contributed by atoms with Gasteiger partial charge in [-0.05, 0) is 43.5 Å². The van der Waals surface area contributed by atoms with E-state index in [0.717, 1.165) is 17.5 Å². The Bertz CT molecular complexity index is 743. The zero-order valence-electron chi connectivity index (χ0n) is 11.9. The molecule has 0 aliphatic rings. The van der Waals surface area contributed by atoms with Gasteiger partial charge in [-0.3, -0.25) is 0 Å². The molecule has 1 unspecified atom stereocenters. The van der Waals surface area contributed by atoms with Gasteiger partial charge in [0.25, 0.3) is 0 Å². The predicted octanol–water partition coefficient (Wildman–Crippen LogP) is 3.19. The van der Waals surface area contributed by atoms with Crippen molar-refractivity contribution in [3.63, 3.8) is 0 Å². The molecule has 0 bridgehead atoms. The predicted molar refractivity (Wildman–Crippen MR) is 81.7 cm³/mol. The molecule has 1 aromatic carbocycles. The Labute approximate surface area is 119 Å². The fourth-order valence-electron chi connectivity index (χ4n) is 2.61. The highest BCUT2D eigenvalue weighted by Gasteiger charge is 2.13. The number of fused-ring (bicyclic) bond motifs is 1. The van der Waals surface area contributed by atoms with E-state index in [2.05, 4.69) is 43.2 Å². The van der Waals surface area contributed by atoms with Gasteiger partial charge >= 0.3 is 0 Å². The zero-order chi connectivity index (χ0) is 14.1. The molecule has 2 N–H and O–H groups in total. The summed E-state index contributed by atoms with van der Waals surface area (Å²) in [7, 11) is 0. The van der Waals surface area contributed by atoms with E-state index in [9.17, 15) is 0 Å². The van der Waals surface area contributed by atoms with Crippen molar-refractivity contribution in [3.05, 3.63) is 71.0 Å². The molecular formula is C17H19N3. The molecule has 102 valence electrons. The maximum Gasteiger partial charge on any atom is 0.0709 e. The smallest absolute Gasteiger partial charge is 0.0709 e. The van der Waals surface area contributed by atoms with Crippen LogP contribution in [0.5, 0.6) is 0 Å². The minimum absolute atomic E-state index is 0.0320. The van der Waals surface area contributed by atoms with E-state index in [0.29, 0.717) is 0 Å². The first-order chi connectivity index (χ1) is 9.65. The molecule has 0 aliphatic heterocycles. The maximum absolute atomic E-state index is 6.40. The molecule has 3 heteroatoms. The van der Waals surface area contributed by atoms with Crippen LogP contribution in [0.4, 0.5) is 0 Å². The normalized spacial score (nSPS) is 12.8. The largest absolute Gasteiger partial charge is 0.324 e. The van der Waals surface area contributed by atoms with Gasteiger partial charge in [0.15, 0.2) is 0 Å².